The van der Waals surface area contributed by atoms with E-state index in [1.807, 2.05) is 0 Å². The smallest absolute Gasteiger partial charge is 0.254 e. The molecule has 2 amide bonds. The predicted molar refractivity (Wildman–Crippen MR) is 43.9 cm³/mol. The number of amides is 2. The van der Waals surface area contributed by atoms with Gasteiger partial charge in [0.1, 0.15) is 0 Å². The van der Waals surface area contributed by atoms with Crippen LogP contribution in [0.4, 0.5) is 0 Å². The molecule has 1 aliphatic heterocycles. The molecule has 1 N–H and O–H groups in total. The Morgan fingerprint density at radius 2 is 2.00 bits per heavy atom. The summed E-state index contributed by atoms with van der Waals surface area (Å²) in [5, 5.41) is 2.24. The number of halogens is 1. The Morgan fingerprint density at radius 3 is 2.55 bits per heavy atom. The minimum absolute atomic E-state index is 0.243. The van der Waals surface area contributed by atoms with E-state index in [-0.39, 0.29) is 17.7 Å². The average Bonchev–Trinajstić information content (AvgIpc) is 1.97. The van der Waals surface area contributed by atoms with E-state index in [0.717, 1.165) is 0 Å². The highest BCUT2D eigenvalue weighted by Gasteiger charge is 2.27. The molecular formula is C7H8BrNO2. The summed E-state index contributed by atoms with van der Waals surface area (Å²) in [4.78, 5) is 21.9. The fraction of sp³-hybridized carbons (Fsp3) is 0.429. The van der Waals surface area contributed by atoms with Crippen LogP contribution in [0.15, 0.2) is 10.1 Å². The fourth-order valence-corrected chi connectivity index (χ4v) is 1.25. The average molecular weight is 218 g/mol. The first-order chi connectivity index (χ1) is 5.04. The minimum atomic E-state index is -0.306. The highest BCUT2D eigenvalue weighted by atomic mass is 79.9. The largest absolute Gasteiger partial charge is 0.292 e. The van der Waals surface area contributed by atoms with Crippen molar-refractivity contribution < 1.29 is 9.59 Å². The second kappa shape index (κ2) is 2.77. The fourth-order valence-electron chi connectivity index (χ4n) is 0.862. The van der Waals surface area contributed by atoms with Crippen molar-refractivity contribution in [2.45, 2.75) is 13.8 Å². The van der Waals surface area contributed by atoms with Crippen LogP contribution in [-0.4, -0.2) is 11.8 Å². The van der Waals surface area contributed by atoms with E-state index in [4.69, 9.17) is 0 Å². The molecule has 0 aromatic carbocycles. The third-order valence-corrected chi connectivity index (χ3v) is 2.99. The van der Waals surface area contributed by atoms with E-state index in [9.17, 15) is 9.59 Å². The zero-order valence-electron chi connectivity index (χ0n) is 6.27. The maximum absolute atomic E-state index is 11.0. The topological polar surface area (TPSA) is 46.2 Å². The summed E-state index contributed by atoms with van der Waals surface area (Å²) in [6.45, 7) is 3.43. The van der Waals surface area contributed by atoms with E-state index in [2.05, 4.69) is 21.2 Å². The van der Waals surface area contributed by atoms with Crippen LogP contribution in [0.2, 0.25) is 0 Å². The lowest BCUT2D eigenvalue weighted by atomic mass is 10.0. The number of hydrogen-bond donors (Lipinski definition) is 1. The summed E-state index contributed by atoms with van der Waals surface area (Å²) >= 11 is 3.20. The lowest BCUT2D eigenvalue weighted by molar-refractivity contribution is -0.131. The van der Waals surface area contributed by atoms with E-state index in [1.54, 1.807) is 13.8 Å². The van der Waals surface area contributed by atoms with Crippen molar-refractivity contribution >= 4 is 27.7 Å². The van der Waals surface area contributed by atoms with Gasteiger partial charge in [0, 0.05) is 10.1 Å². The number of rotatable bonds is 0. The van der Waals surface area contributed by atoms with Crippen LogP contribution in [0.5, 0.6) is 0 Å². The standard InChI is InChI=1S/C7H8BrNO2/c1-3-5(8)4(2)7(11)9-6(3)10/h3H,1-2H3,(H,9,10,11). The molecule has 0 aromatic rings. The normalized spacial score (nSPS) is 25.5. The molecule has 1 aliphatic rings. The third-order valence-electron chi connectivity index (χ3n) is 1.71. The van der Waals surface area contributed by atoms with Crippen LogP contribution in [-0.2, 0) is 9.59 Å². The zero-order valence-corrected chi connectivity index (χ0v) is 7.86. The number of carbonyl (C=O) groups is 2. The highest BCUT2D eigenvalue weighted by Crippen LogP contribution is 2.25. The minimum Gasteiger partial charge on any atom is -0.292 e. The van der Waals surface area contributed by atoms with Crippen LogP contribution >= 0.6 is 15.9 Å². The molecule has 1 unspecified atom stereocenters. The predicted octanol–water partition coefficient (Wildman–Crippen LogP) is 0.948. The molecule has 4 heteroatoms. The Balaban J connectivity index is 3.08. The van der Waals surface area contributed by atoms with Gasteiger partial charge in [-0.15, -0.1) is 0 Å². The molecule has 0 saturated carbocycles. The van der Waals surface area contributed by atoms with Gasteiger partial charge in [0.2, 0.25) is 5.91 Å². The second-order valence-corrected chi connectivity index (χ2v) is 3.37. The summed E-state index contributed by atoms with van der Waals surface area (Å²) in [7, 11) is 0. The maximum atomic E-state index is 11.0. The summed E-state index contributed by atoms with van der Waals surface area (Å²) in [5.74, 6) is -0.792. The van der Waals surface area contributed by atoms with E-state index >= 15 is 0 Å². The molecule has 3 nitrogen and oxygen atoms in total. The van der Waals surface area contributed by atoms with Gasteiger partial charge in [-0.2, -0.15) is 0 Å². The first-order valence-corrected chi connectivity index (χ1v) is 4.04. The van der Waals surface area contributed by atoms with Gasteiger partial charge in [0.15, 0.2) is 0 Å². The number of imide groups is 1. The van der Waals surface area contributed by atoms with E-state index in [1.165, 1.54) is 0 Å². The van der Waals surface area contributed by atoms with Gasteiger partial charge in [-0.05, 0) is 13.8 Å². The quantitative estimate of drug-likeness (QED) is 0.615. The Labute approximate surface area is 73.0 Å². The Morgan fingerprint density at radius 1 is 1.45 bits per heavy atom. The molecule has 0 fully saturated rings. The van der Waals surface area contributed by atoms with Crippen LogP contribution in [0.3, 0.4) is 0 Å². The summed E-state index contributed by atoms with van der Waals surface area (Å²) in [6, 6.07) is 0. The molecule has 0 bridgehead atoms. The van der Waals surface area contributed by atoms with Gasteiger partial charge in [0.05, 0.1) is 5.92 Å². The molecular weight excluding hydrogens is 210 g/mol. The van der Waals surface area contributed by atoms with Crippen molar-refractivity contribution in [1.82, 2.24) is 5.32 Å². The first-order valence-electron chi connectivity index (χ1n) is 3.25. The monoisotopic (exact) mass is 217 g/mol. The van der Waals surface area contributed by atoms with Crippen molar-refractivity contribution in [3.05, 3.63) is 10.1 Å². The van der Waals surface area contributed by atoms with Crippen LogP contribution in [0.1, 0.15) is 13.8 Å². The van der Waals surface area contributed by atoms with Gasteiger partial charge in [0.25, 0.3) is 5.91 Å². The van der Waals surface area contributed by atoms with Gasteiger partial charge >= 0.3 is 0 Å². The lowest BCUT2D eigenvalue weighted by Crippen LogP contribution is -2.40. The summed E-state index contributed by atoms with van der Waals surface area (Å²) in [6.07, 6.45) is 0. The number of hydrogen-bond acceptors (Lipinski definition) is 2. The molecule has 0 radical (unpaired) electrons. The molecule has 1 rings (SSSR count). The van der Waals surface area contributed by atoms with Crippen molar-refractivity contribution in [2.24, 2.45) is 5.92 Å². The second-order valence-electron chi connectivity index (χ2n) is 2.51. The van der Waals surface area contributed by atoms with Crippen molar-refractivity contribution in [3.8, 4) is 0 Å². The maximum Gasteiger partial charge on any atom is 0.254 e. The molecule has 1 heterocycles. The number of nitrogens with one attached hydrogen (secondary N) is 1. The molecule has 1 atom stereocenters. The molecule has 60 valence electrons. The molecule has 11 heavy (non-hydrogen) atoms. The third kappa shape index (κ3) is 1.35. The summed E-state index contributed by atoms with van der Waals surface area (Å²) < 4.78 is 0.686. The van der Waals surface area contributed by atoms with Crippen molar-refractivity contribution in [3.63, 3.8) is 0 Å². The van der Waals surface area contributed by atoms with Crippen LogP contribution in [0, 0.1) is 5.92 Å². The Bertz CT molecular complexity index is 257. The van der Waals surface area contributed by atoms with E-state index in [0.29, 0.717) is 10.1 Å². The molecule has 0 spiro atoms. The van der Waals surface area contributed by atoms with Crippen LogP contribution < -0.4 is 5.32 Å². The number of carbonyl (C=O) groups excluding carboxylic acids is 2. The van der Waals surface area contributed by atoms with Gasteiger partial charge in [-0.1, -0.05) is 15.9 Å². The summed E-state index contributed by atoms with van der Waals surface area (Å²) in [5.41, 5.74) is 0.581. The Hall–Kier alpha value is -0.640. The zero-order chi connectivity index (χ0) is 8.59. The van der Waals surface area contributed by atoms with Gasteiger partial charge in [-0.25, -0.2) is 0 Å². The Kier molecular flexibility index (Phi) is 2.13. The molecule has 0 aliphatic carbocycles. The van der Waals surface area contributed by atoms with Crippen molar-refractivity contribution in [1.29, 1.82) is 0 Å². The van der Waals surface area contributed by atoms with E-state index < -0.39 is 0 Å². The first kappa shape index (κ1) is 8.46. The van der Waals surface area contributed by atoms with Crippen LogP contribution in [0.25, 0.3) is 0 Å². The highest BCUT2D eigenvalue weighted by molar-refractivity contribution is 9.11. The molecule has 0 aromatic heterocycles. The van der Waals surface area contributed by atoms with Gasteiger partial charge < -0.3 is 0 Å². The SMILES string of the molecule is CC1=C(Br)C(C)C(=O)NC1=O. The molecule has 0 saturated heterocycles. The van der Waals surface area contributed by atoms with Crippen molar-refractivity contribution in [2.75, 3.05) is 0 Å². The lowest BCUT2D eigenvalue weighted by Gasteiger charge is -2.18. The van der Waals surface area contributed by atoms with Gasteiger partial charge in [-0.3, -0.25) is 14.9 Å².